The van der Waals surface area contributed by atoms with Crippen molar-refractivity contribution in [3.8, 4) is 5.75 Å². The largest absolute Gasteiger partial charge is 0.489 e. The Hall–Kier alpha value is -2.86. The molecule has 0 spiro atoms. The summed E-state index contributed by atoms with van der Waals surface area (Å²) < 4.78 is 5.76. The van der Waals surface area contributed by atoms with Crippen LogP contribution in [0.5, 0.6) is 5.75 Å². The van der Waals surface area contributed by atoms with Gasteiger partial charge in [0.15, 0.2) is 0 Å². The predicted molar refractivity (Wildman–Crippen MR) is 124 cm³/mol. The molecule has 0 bridgehead atoms. The third-order valence-electron chi connectivity index (χ3n) is 5.59. The number of benzene rings is 3. The second kappa shape index (κ2) is 10.4. The number of carbonyl (C=O) groups is 1. The molecule has 2 atom stereocenters. The molecule has 0 aliphatic carbocycles. The van der Waals surface area contributed by atoms with Crippen molar-refractivity contribution in [2.24, 2.45) is 0 Å². The summed E-state index contributed by atoms with van der Waals surface area (Å²) in [6, 6.07) is 26.7. The Morgan fingerprint density at radius 3 is 2.29 bits per heavy atom. The van der Waals surface area contributed by atoms with Gasteiger partial charge < -0.3 is 20.5 Å². The number of ether oxygens (including phenoxy) is 1. The van der Waals surface area contributed by atoms with Gasteiger partial charge in [-0.25, -0.2) is 0 Å². The van der Waals surface area contributed by atoms with Crippen LogP contribution in [0.1, 0.15) is 27.9 Å². The van der Waals surface area contributed by atoms with E-state index < -0.39 is 11.6 Å². The van der Waals surface area contributed by atoms with Gasteiger partial charge in [-0.1, -0.05) is 60.7 Å². The Balaban J connectivity index is 0.00000272. The Labute approximate surface area is 188 Å². The molecule has 1 amide bonds. The van der Waals surface area contributed by atoms with Crippen molar-refractivity contribution < 1.29 is 14.6 Å². The molecule has 1 heterocycles. The SMILES string of the molecule is Cl.O=C(N[C@@]1(c2ccccc2)CCNC[C@H]1O)c1ccc(COc2ccccc2)cc1. The number of para-hydroxylation sites is 1. The molecule has 0 aromatic heterocycles. The van der Waals surface area contributed by atoms with Crippen LogP contribution < -0.4 is 15.4 Å². The van der Waals surface area contributed by atoms with E-state index >= 15 is 0 Å². The average molecular weight is 439 g/mol. The Morgan fingerprint density at radius 1 is 1.00 bits per heavy atom. The number of amides is 1. The predicted octanol–water partition coefficient (Wildman–Crippen LogP) is 3.67. The van der Waals surface area contributed by atoms with E-state index in [1.807, 2.05) is 72.8 Å². The van der Waals surface area contributed by atoms with E-state index in [4.69, 9.17) is 4.74 Å². The third kappa shape index (κ3) is 5.25. The molecule has 1 saturated heterocycles. The second-order valence-electron chi connectivity index (χ2n) is 7.56. The first-order chi connectivity index (χ1) is 14.7. The number of rotatable bonds is 6. The number of carbonyl (C=O) groups excluding carboxylic acids is 1. The molecule has 1 aliphatic heterocycles. The van der Waals surface area contributed by atoms with Crippen LogP contribution >= 0.6 is 12.4 Å². The van der Waals surface area contributed by atoms with Crippen molar-refractivity contribution in [2.75, 3.05) is 13.1 Å². The highest BCUT2D eigenvalue weighted by Crippen LogP contribution is 2.31. The highest BCUT2D eigenvalue weighted by Gasteiger charge is 2.42. The van der Waals surface area contributed by atoms with Crippen LogP contribution in [-0.2, 0) is 12.1 Å². The lowest BCUT2D eigenvalue weighted by atomic mass is 9.79. The van der Waals surface area contributed by atoms with Crippen LogP contribution in [-0.4, -0.2) is 30.2 Å². The molecule has 0 unspecified atom stereocenters. The monoisotopic (exact) mass is 438 g/mol. The minimum absolute atomic E-state index is 0. The fourth-order valence-electron chi connectivity index (χ4n) is 3.87. The van der Waals surface area contributed by atoms with Crippen molar-refractivity contribution in [1.82, 2.24) is 10.6 Å². The van der Waals surface area contributed by atoms with E-state index in [1.54, 1.807) is 12.1 Å². The van der Waals surface area contributed by atoms with Crippen LogP contribution in [0.15, 0.2) is 84.9 Å². The molecule has 0 radical (unpaired) electrons. The number of β-amino-alcohol motifs (C(OH)–C–C–N with tert-alkyl or cyclic N) is 1. The van der Waals surface area contributed by atoms with Gasteiger partial charge in [0.2, 0.25) is 0 Å². The lowest BCUT2D eigenvalue weighted by Gasteiger charge is -2.43. The van der Waals surface area contributed by atoms with Crippen LogP contribution in [0.3, 0.4) is 0 Å². The topological polar surface area (TPSA) is 70.6 Å². The highest BCUT2D eigenvalue weighted by molar-refractivity contribution is 5.95. The number of piperidine rings is 1. The minimum Gasteiger partial charge on any atom is -0.489 e. The van der Waals surface area contributed by atoms with E-state index in [-0.39, 0.29) is 18.3 Å². The molecule has 3 aromatic rings. The fraction of sp³-hybridized carbons (Fsp3) is 0.240. The van der Waals surface area contributed by atoms with E-state index in [0.29, 0.717) is 25.1 Å². The first-order valence-electron chi connectivity index (χ1n) is 10.2. The summed E-state index contributed by atoms with van der Waals surface area (Å²) in [5.41, 5.74) is 1.65. The summed E-state index contributed by atoms with van der Waals surface area (Å²) in [6.45, 7) is 1.59. The molecule has 6 heteroatoms. The van der Waals surface area contributed by atoms with Crippen molar-refractivity contribution in [2.45, 2.75) is 24.7 Å². The maximum atomic E-state index is 13.1. The van der Waals surface area contributed by atoms with Crippen molar-refractivity contribution >= 4 is 18.3 Å². The first kappa shape index (κ1) is 22.8. The summed E-state index contributed by atoms with van der Waals surface area (Å²) in [7, 11) is 0. The van der Waals surface area contributed by atoms with Gasteiger partial charge >= 0.3 is 0 Å². The van der Waals surface area contributed by atoms with Crippen LogP contribution in [0.2, 0.25) is 0 Å². The summed E-state index contributed by atoms with van der Waals surface area (Å²) in [5.74, 6) is 0.611. The molecule has 4 rings (SSSR count). The summed E-state index contributed by atoms with van der Waals surface area (Å²) in [6.07, 6.45) is -0.0939. The van der Waals surface area contributed by atoms with Crippen molar-refractivity contribution in [3.05, 3.63) is 102 Å². The molecule has 31 heavy (non-hydrogen) atoms. The van der Waals surface area contributed by atoms with Gasteiger partial charge in [0.05, 0.1) is 11.6 Å². The van der Waals surface area contributed by atoms with Gasteiger partial charge in [0.1, 0.15) is 12.4 Å². The molecule has 3 N–H and O–H groups in total. The van der Waals surface area contributed by atoms with Crippen LogP contribution in [0.4, 0.5) is 0 Å². The lowest BCUT2D eigenvalue weighted by Crippen LogP contribution is -2.61. The number of hydrogen-bond donors (Lipinski definition) is 3. The highest BCUT2D eigenvalue weighted by atomic mass is 35.5. The van der Waals surface area contributed by atoms with Crippen molar-refractivity contribution in [3.63, 3.8) is 0 Å². The number of aliphatic hydroxyl groups is 1. The summed E-state index contributed by atoms with van der Waals surface area (Å²) in [4.78, 5) is 13.1. The summed E-state index contributed by atoms with van der Waals surface area (Å²) >= 11 is 0. The van der Waals surface area contributed by atoms with Crippen LogP contribution in [0, 0.1) is 0 Å². The standard InChI is InChI=1S/C25H26N2O3.ClH/c28-23-17-26-16-15-25(23,21-7-3-1-4-8-21)27-24(29)20-13-11-19(12-14-20)18-30-22-9-5-2-6-10-22;/h1-14,23,26,28H,15-18H2,(H,27,29);1H/t23-,25-;/m1./s1. The van der Waals surface area contributed by atoms with Crippen molar-refractivity contribution in [1.29, 1.82) is 0 Å². The minimum atomic E-state index is -0.807. The molecule has 0 saturated carbocycles. The lowest BCUT2D eigenvalue weighted by molar-refractivity contribution is 0.0289. The van der Waals surface area contributed by atoms with Gasteiger partial charge in [-0.15, -0.1) is 12.4 Å². The normalized spacial score (nSPS) is 20.4. The molecule has 5 nitrogen and oxygen atoms in total. The number of halogens is 1. The average Bonchev–Trinajstić information content (AvgIpc) is 2.81. The molecule has 1 aliphatic rings. The molecular formula is C25H27ClN2O3. The van der Waals surface area contributed by atoms with Gasteiger partial charge in [0.25, 0.3) is 5.91 Å². The fourth-order valence-corrected chi connectivity index (χ4v) is 3.87. The zero-order valence-electron chi connectivity index (χ0n) is 17.2. The Kier molecular flexibility index (Phi) is 7.69. The Morgan fingerprint density at radius 2 is 1.65 bits per heavy atom. The smallest absolute Gasteiger partial charge is 0.252 e. The molecule has 1 fully saturated rings. The van der Waals surface area contributed by atoms with E-state index in [9.17, 15) is 9.90 Å². The van der Waals surface area contributed by atoms with Gasteiger partial charge in [-0.2, -0.15) is 0 Å². The molecule has 3 aromatic carbocycles. The second-order valence-corrected chi connectivity index (χ2v) is 7.56. The van der Waals surface area contributed by atoms with E-state index in [0.717, 1.165) is 23.4 Å². The zero-order chi connectivity index (χ0) is 20.8. The molecule has 162 valence electrons. The van der Waals surface area contributed by atoms with E-state index in [2.05, 4.69) is 10.6 Å². The quantitative estimate of drug-likeness (QED) is 0.549. The maximum absolute atomic E-state index is 13.1. The maximum Gasteiger partial charge on any atom is 0.252 e. The zero-order valence-corrected chi connectivity index (χ0v) is 18.0. The Bertz CT molecular complexity index is 967. The molecular weight excluding hydrogens is 412 g/mol. The van der Waals surface area contributed by atoms with Crippen LogP contribution in [0.25, 0.3) is 0 Å². The number of aliphatic hydroxyl groups excluding tert-OH is 1. The van der Waals surface area contributed by atoms with Gasteiger partial charge in [-0.05, 0) is 48.4 Å². The van der Waals surface area contributed by atoms with Gasteiger partial charge in [-0.3, -0.25) is 4.79 Å². The van der Waals surface area contributed by atoms with E-state index in [1.165, 1.54) is 0 Å². The van der Waals surface area contributed by atoms with Gasteiger partial charge in [0, 0.05) is 12.1 Å². The third-order valence-corrected chi connectivity index (χ3v) is 5.59. The first-order valence-corrected chi connectivity index (χ1v) is 10.2. The summed E-state index contributed by atoms with van der Waals surface area (Å²) in [5, 5.41) is 17.1. The number of nitrogens with one attached hydrogen (secondary N) is 2. The number of hydrogen-bond acceptors (Lipinski definition) is 4.